The fourth-order valence-electron chi connectivity index (χ4n) is 2.46. The van der Waals surface area contributed by atoms with Crippen LogP contribution in [0.5, 0.6) is 0 Å². The van der Waals surface area contributed by atoms with Gasteiger partial charge in [-0.2, -0.15) is 0 Å². The quantitative estimate of drug-likeness (QED) is 0.779. The predicted octanol–water partition coefficient (Wildman–Crippen LogP) is 2.91. The van der Waals surface area contributed by atoms with Crippen LogP contribution < -0.4 is 9.62 Å². The minimum Gasteiger partial charge on any atom is -0.354 e. The maximum absolute atomic E-state index is 12.9. The first kappa shape index (κ1) is 20.2. The van der Waals surface area contributed by atoms with Crippen molar-refractivity contribution in [2.45, 2.75) is 13.3 Å². The van der Waals surface area contributed by atoms with Crippen LogP contribution in [0.1, 0.15) is 11.1 Å². The molecule has 0 heterocycles. The van der Waals surface area contributed by atoms with Crippen LogP contribution in [0.4, 0.5) is 10.1 Å². The van der Waals surface area contributed by atoms with Gasteiger partial charge < -0.3 is 5.32 Å². The summed E-state index contributed by atoms with van der Waals surface area (Å²) in [6.07, 6.45) is 1.57. The van der Waals surface area contributed by atoms with E-state index in [9.17, 15) is 17.6 Å². The van der Waals surface area contributed by atoms with Crippen molar-refractivity contribution in [3.8, 4) is 0 Å². The van der Waals surface area contributed by atoms with Gasteiger partial charge in [-0.3, -0.25) is 9.10 Å². The Balaban J connectivity index is 2.01. The molecule has 0 fully saturated rings. The molecule has 0 aliphatic heterocycles. The first-order chi connectivity index (χ1) is 12.2. The number of rotatable bonds is 7. The summed E-state index contributed by atoms with van der Waals surface area (Å²) in [7, 11) is -3.64. The van der Waals surface area contributed by atoms with E-state index < -0.39 is 15.9 Å². The number of hydrogen-bond donors (Lipinski definition) is 1. The number of aryl methyl sites for hydroxylation is 1. The van der Waals surface area contributed by atoms with Crippen LogP contribution in [0, 0.1) is 12.7 Å². The summed E-state index contributed by atoms with van der Waals surface area (Å²) in [5.41, 5.74) is 1.94. The van der Waals surface area contributed by atoms with E-state index in [2.05, 4.69) is 5.32 Å². The maximum Gasteiger partial charge on any atom is 0.240 e. The van der Waals surface area contributed by atoms with Crippen molar-refractivity contribution in [1.29, 1.82) is 0 Å². The summed E-state index contributed by atoms with van der Waals surface area (Å²) in [5, 5.41) is 3.17. The van der Waals surface area contributed by atoms with Crippen molar-refractivity contribution in [3.05, 3.63) is 64.4 Å². The van der Waals surface area contributed by atoms with Crippen LogP contribution >= 0.6 is 11.6 Å². The van der Waals surface area contributed by atoms with Crippen molar-refractivity contribution in [3.63, 3.8) is 0 Å². The minimum atomic E-state index is -3.64. The molecule has 140 valence electrons. The minimum absolute atomic E-state index is 0.320. The van der Waals surface area contributed by atoms with Gasteiger partial charge in [0.25, 0.3) is 0 Å². The molecule has 0 aliphatic rings. The number of nitrogens with zero attached hydrogens (tertiary/aromatic N) is 1. The van der Waals surface area contributed by atoms with Gasteiger partial charge in [-0.05, 0) is 54.8 Å². The normalized spacial score (nSPS) is 11.2. The molecule has 2 aromatic rings. The molecule has 5 nitrogen and oxygen atoms in total. The van der Waals surface area contributed by atoms with Gasteiger partial charge in [-0.1, -0.05) is 23.7 Å². The Kier molecular flexibility index (Phi) is 6.61. The number of carbonyl (C=O) groups is 1. The van der Waals surface area contributed by atoms with Gasteiger partial charge in [-0.15, -0.1) is 0 Å². The van der Waals surface area contributed by atoms with Crippen LogP contribution in [-0.2, 0) is 21.2 Å². The molecule has 2 aromatic carbocycles. The largest absolute Gasteiger partial charge is 0.354 e. The number of amides is 1. The van der Waals surface area contributed by atoms with Gasteiger partial charge >= 0.3 is 0 Å². The highest BCUT2D eigenvalue weighted by atomic mass is 35.5. The highest BCUT2D eigenvalue weighted by Crippen LogP contribution is 2.25. The lowest BCUT2D eigenvalue weighted by molar-refractivity contribution is -0.119. The van der Waals surface area contributed by atoms with E-state index in [1.807, 2.05) is 0 Å². The molecule has 0 radical (unpaired) electrons. The Morgan fingerprint density at radius 3 is 2.42 bits per heavy atom. The zero-order valence-electron chi connectivity index (χ0n) is 14.5. The number of halogens is 2. The molecule has 8 heteroatoms. The first-order valence-electron chi connectivity index (χ1n) is 7.92. The van der Waals surface area contributed by atoms with Crippen molar-refractivity contribution in [2.75, 3.05) is 23.7 Å². The third kappa shape index (κ3) is 5.71. The molecule has 0 spiro atoms. The molecular formula is C18H20ClFN2O3S. The predicted molar refractivity (Wildman–Crippen MR) is 101 cm³/mol. The van der Waals surface area contributed by atoms with Crippen LogP contribution in [0.15, 0.2) is 42.5 Å². The van der Waals surface area contributed by atoms with Crippen LogP contribution in [0.2, 0.25) is 5.02 Å². The Labute approximate surface area is 157 Å². The van der Waals surface area contributed by atoms with Crippen molar-refractivity contribution in [2.24, 2.45) is 0 Å². The molecule has 2 rings (SSSR count). The number of nitrogens with one attached hydrogen (secondary N) is 1. The van der Waals surface area contributed by atoms with E-state index in [1.54, 1.807) is 37.3 Å². The highest BCUT2D eigenvalue weighted by Gasteiger charge is 2.22. The summed E-state index contributed by atoms with van der Waals surface area (Å²) in [5.74, 6) is -0.744. The number of hydrogen-bond acceptors (Lipinski definition) is 3. The van der Waals surface area contributed by atoms with E-state index in [1.165, 1.54) is 12.1 Å². The fraction of sp³-hybridized carbons (Fsp3) is 0.278. The molecule has 26 heavy (non-hydrogen) atoms. The van der Waals surface area contributed by atoms with Gasteiger partial charge in [0.05, 0.1) is 11.9 Å². The third-order valence-corrected chi connectivity index (χ3v) is 5.13. The summed E-state index contributed by atoms with van der Waals surface area (Å²) in [6, 6.07) is 10.8. The van der Waals surface area contributed by atoms with E-state index in [4.69, 9.17) is 11.6 Å². The highest BCUT2D eigenvalue weighted by molar-refractivity contribution is 7.92. The van der Waals surface area contributed by atoms with Crippen molar-refractivity contribution >= 4 is 33.2 Å². The molecule has 0 saturated carbocycles. The average Bonchev–Trinajstić information content (AvgIpc) is 2.54. The first-order valence-corrected chi connectivity index (χ1v) is 10.1. The molecule has 1 amide bonds. The lowest BCUT2D eigenvalue weighted by atomic mass is 10.1. The second-order valence-corrected chi connectivity index (χ2v) is 8.27. The Bertz CT molecular complexity index is 886. The average molecular weight is 399 g/mol. The Morgan fingerprint density at radius 1 is 1.19 bits per heavy atom. The lowest BCUT2D eigenvalue weighted by Crippen LogP contribution is -2.41. The molecular weight excluding hydrogens is 379 g/mol. The molecule has 0 atom stereocenters. The van der Waals surface area contributed by atoms with Crippen molar-refractivity contribution < 1.29 is 17.6 Å². The molecule has 0 saturated heterocycles. The maximum atomic E-state index is 12.9. The van der Waals surface area contributed by atoms with Crippen molar-refractivity contribution in [1.82, 2.24) is 5.32 Å². The summed E-state index contributed by atoms with van der Waals surface area (Å²) >= 11 is 5.91. The number of sulfonamides is 1. The molecule has 0 aliphatic carbocycles. The summed E-state index contributed by atoms with van der Waals surface area (Å²) in [4.78, 5) is 12.2. The van der Waals surface area contributed by atoms with Crippen LogP contribution in [-0.4, -0.2) is 33.7 Å². The standard InChI is InChI=1S/C18H20ClFN2O3S/c1-13-11-15(19)5-8-17(13)22(26(2,24)25)12-18(23)21-10-9-14-3-6-16(20)7-4-14/h3-8,11H,9-10,12H2,1-2H3,(H,21,23). The summed E-state index contributed by atoms with van der Waals surface area (Å²) < 4.78 is 38.1. The van der Waals surface area contributed by atoms with Crippen LogP contribution in [0.25, 0.3) is 0 Å². The smallest absolute Gasteiger partial charge is 0.240 e. The molecule has 0 aromatic heterocycles. The third-order valence-electron chi connectivity index (χ3n) is 3.76. The van der Waals surface area contributed by atoms with Gasteiger partial charge in [0, 0.05) is 11.6 Å². The molecule has 0 unspecified atom stereocenters. The van der Waals surface area contributed by atoms with Gasteiger partial charge in [0.1, 0.15) is 12.4 Å². The molecule has 0 bridgehead atoms. The van der Waals surface area contributed by atoms with E-state index in [0.717, 1.165) is 16.1 Å². The van der Waals surface area contributed by atoms with E-state index in [0.29, 0.717) is 29.2 Å². The van der Waals surface area contributed by atoms with Crippen LogP contribution in [0.3, 0.4) is 0 Å². The fourth-order valence-corrected chi connectivity index (χ4v) is 3.60. The second kappa shape index (κ2) is 8.51. The van der Waals surface area contributed by atoms with Gasteiger partial charge in [0.15, 0.2) is 0 Å². The monoisotopic (exact) mass is 398 g/mol. The number of anilines is 1. The summed E-state index contributed by atoms with van der Waals surface area (Å²) in [6.45, 7) is 1.72. The second-order valence-electron chi connectivity index (χ2n) is 5.93. The van der Waals surface area contributed by atoms with Gasteiger partial charge in [0.2, 0.25) is 15.9 Å². The van der Waals surface area contributed by atoms with Gasteiger partial charge in [-0.25, -0.2) is 12.8 Å². The van der Waals surface area contributed by atoms with E-state index in [-0.39, 0.29) is 12.4 Å². The topological polar surface area (TPSA) is 66.5 Å². The SMILES string of the molecule is Cc1cc(Cl)ccc1N(CC(=O)NCCc1ccc(F)cc1)S(C)(=O)=O. The Hall–Kier alpha value is -2.12. The number of benzene rings is 2. The molecule has 1 N–H and O–H groups in total. The zero-order valence-corrected chi connectivity index (χ0v) is 16.1. The zero-order chi connectivity index (χ0) is 19.3. The van der Waals surface area contributed by atoms with E-state index >= 15 is 0 Å². The lowest BCUT2D eigenvalue weighted by Gasteiger charge is -2.23. The Morgan fingerprint density at radius 2 is 1.85 bits per heavy atom. The number of carbonyl (C=O) groups excluding carboxylic acids is 1.